The van der Waals surface area contributed by atoms with Gasteiger partial charge in [0.15, 0.2) is 11.5 Å². The second-order valence-electron chi connectivity index (χ2n) is 6.47. The maximum absolute atomic E-state index is 13.6. The van der Waals surface area contributed by atoms with Crippen molar-refractivity contribution in [3.05, 3.63) is 75.3 Å². The summed E-state index contributed by atoms with van der Waals surface area (Å²) in [4.78, 5) is 28.2. The van der Waals surface area contributed by atoms with E-state index in [1.54, 1.807) is 30.3 Å². The number of carbonyl (C=O) groups is 2. The van der Waals surface area contributed by atoms with Gasteiger partial charge in [-0.05, 0) is 41.8 Å². The van der Waals surface area contributed by atoms with E-state index in [4.69, 9.17) is 21.1 Å². The first kappa shape index (κ1) is 20.9. The summed E-state index contributed by atoms with van der Waals surface area (Å²) in [5.41, 5.74) is 1.02. The molecule has 0 atom stereocenters. The van der Waals surface area contributed by atoms with E-state index in [1.807, 2.05) is 5.38 Å². The Hall–Kier alpha value is -3.36. The molecule has 1 N–H and O–H groups in total. The fraction of sp³-hybridized carbons (Fsp3) is 0.0909. The van der Waals surface area contributed by atoms with Crippen LogP contribution in [0.1, 0.15) is 4.88 Å². The largest absolute Gasteiger partial charge is 0.493 e. The van der Waals surface area contributed by atoms with E-state index in [0.717, 1.165) is 11.0 Å². The molecule has 0 unspecified atom stereocenters. The molecule has 0 saturated heterocycles. The number of nitrogens with zero attached hydrogens (tertiary/aromatic N) is 1. The van der Waals surface area contributed by atoms with Crippen LogP contribution in [0.4, 0.5) is 15.8 Å². The van der Waals surface area contributed by atoms with Gasteiger partial charge in [-0.2, -0.15) is 0 Å². The summed E-state index contributed by atoms with van der Waals surface area (Å²) >= 11 is 7.20. The smallest absolute Gasteiger partial charge is 0.282 e. The van der Waals surface area contributed by atoms with Crippen molar-refractivity contribution in [1.82, 2.24) is 0 Å². The number of methoxy groups -OCH3 is 2. The monoisotopic (exact) mass is 458 g/mol. The van der Waals surface area contributed by atoms with E-state index in [2.05, 4.69) is 5.32 Å². The summed E-state index contributed by atoms with van der Waals surface area (Å²) in [5.74, 6) is -0.759. The maximum Gasteiger partial charge on any atom is 0.282 e. The zero-order valence-electron chi connectivity index (χ0n) is 16.4. The molecule has 3 aromatic rings. The lowest BCUT2D eigenvalue weighted by molar-refractivity contribution is -0.120. The van der Waals surface area contributed by atoms with E-state index in [-0.39, 0.29) is 22.0 Å². The van der Waals surface area contributed by atoms with Crippen LogP contribution in [0, 0.1) is 5.82 Å². The number of nitrogens with one attached hydrogen (secondary N) is 1. The number of hydrogen-bond acceptors (Lipinski definition) is 6. The number of halogens is 2. The topological polar surface area (TPSA) is 67.9 Å². The van der Waals surface area contributed by atoms with Crippen LogP contribution in [0.15, 0.2) is 59.6 Å². The lowest BCUT2D eigenvalue weighted by Gasteiger charge is -2.16. The van der Waals surface area contributed by atoms with Crippen LogP contribution in [0.2, 0.25) is 5.02 Å². The molecule has 1 aliphatic heterocycles. The number of ether oxygens (including phenoxy) is 2. The zero-order chi connectivity index (χ0) is 22.1. The summed E-state index contributed by atoms with van der Waals surface area (Å²) in [6.07, 6.45) is 0. The first-order chi connectivity index (χ1) is 14.9. The van der Waals surface area contributed by atoms with Gasteiger partial charge in [0.1, 0.15) is 11.5 Å². The third-order valence-electron chi connectivity index (χ3n) is 4.67. The molecule has 1 aromatic heterocycles. The fourth-order valence-electron chi connectivity index (χ4n) is 3.21. The van der Waals surface area contributed by atoms with E-state index in [9.17, 15) is 14.0 Å². The number of amides is 2. The highest BCUT2D eigenvalue weighted by molar-refractivity contribution is 7.11. The van der Waals surface area contributed by atoms with Crippen LogP contribution in [0.5, 0.6) is 11.5 Å². The Balaban J connectivity index is 1.78. The van der Waals surface area contributed by atoms with Gasteiger partial charge in [-0.1, -0.05) is 17.7 Å². The van der Waals surface area contributed by atoms with Gasteiger partial charge in [0, 0.05) is 16.6 Å². The zero-order valence-corrected chi connectivity index (χ0v) is 18.0. The summed E-state index contributed by atoms with van der Waals surface area (Å²) in [5, 5.41) is 4.67. The Kier molecular flexibility index (Phi) is 5.67. The number of hydrogen-bond donors (Lipinski definition) is 1. The Morgan fingerprint density at radius 3 is 2.42 bits per heavy atom. The minimum absolute atomic E-state index is 0.0973. The minimum atomic E-state index is -0.639. The average molecular weight is 459 g/mol. The van der Waals surface area contributed by atoms with Crippen molar-refractivity contribution in [2.75, 3.05) is 24.4 Å². The van der Waals surface area contributed by atoms with Crippen molar-refractivity contribution < 1.29 is 23.5 Å². The molecule has 0 bridgehead atoms. The van der Waals surface area contributed by atoms with Crippen LogP contribution in [0.3, 0.4) is 0 Å². The quantitative estimate of drug-likeness (QED) is 0.529. The fourth-order valence-corrected chi connectivity index (χ4v) is 4.15. The molecule has 2 aromatic carbocycles. The number of rotatable bonds is 6. The molecule has 0 aliphatic carbocycles. The Morgan fingerprint density at radius 2 is 1.77 bits per heavy atom. The summed E-state index contributed by atoms with van der Waals surface area (Å²) in [6, 6.07) is 12.3. The van der Waals surface area contributed by atoms with Crippen LogP contribution < -0.4 is 19.7 Å². The number of carbonyl (C=O) groups excluding carboxylic acids is 2. The third kappa shape index (κ3) is 3.75. The molecule has 158 valence electrons. The van der Waals surface area contributed by atoms with Crippen LogP contribution in [0.25, 0.3) is 5.57 Å². The van der Waals surface area contributed by atoms with E-state index in [0.29, 0.717) is 22.1 Å². The molecule has 2 heterocycles. The molecule has 0 spiro atoms. The lowest BCUT2D eigenvalue weighted by atomic mass is 10.1. The Bertz CT molecular complexity index is 1210. The van der Waals surface area contributed by atoms with Crippen LogP contribution in [-0.2, 0) is 9.59 Å². The molecule has 9 heteroatoms. The molecular formula is C22H16ClFN2O4S. The molecule has 31 heavy (non-hydrogen) atoms. The van der Waals surface area contributed by atoms with E-state index < -0.39 is 17.6 Å². The summed E-state index contributed by atoms with van der Waals surface area (Å²) in [6.45, 7) is 0. The Labute approximate surface area is 186 Å². The highest BCUT2D eigenvalue weighted by Crippen LogP contribution is 2.37. The van der Waals surface area contributed by atoms with Gasteiger partial charge in [0.05, 0.1) is 30.5 Å². The molecule has 4 rings (SSSR count). The second kappa shape index (κ2) is 8.41. The molecule has 6 nitrogen and oxygen atoms in total. The van der Waals surface area contributed by atoms with Crippen LogP contribution in [-0.4, -0.2) is 26.0 Å². The van der Waals surface area contributed by atoms with Crippen molar-refractivity contribution in [3.8, 4) is 11.5 Å². The standard InChI is InChI=1S/C22H16ClFN2O4S/c1-29-16-8-5-12(10-17(16)30-2)25-20-19(18-4-3-9-31-18)21(27)26(22(20)28)13-6-7-15(24)14(23)11-13/h3-11,25H,1-2H3. The normalized spacial score (nSPS) is 13.7. The van der Waals surface area contributed by atoms with Crippen molar-refractivity contribution in [3.63, 3.8) is 0 Å². The van der Waals surface area contributed by atoms with E-state index in [1.165, 1.54) is 37.7 Å². The first-order valence-corrected chi connectivity index (χ1v) is 10.3. The van der Waals surface area contributed by atoms with Crippen molar-refractivity contribution in [1.29, 1.82) is 0 Å². The Morgan fingerprint density at radius 1 is 1.00 bits per heavy atom. The predicted molar refractivity (Wildman–Crippen MR) is 118 cm³/mol. The van der Waals surface area contributed by atoms with Crippen molar-refractivity contribution >= 4 is 51.7 Å². The lowest BCUT2D eigenvalue weighted by Crippen LogP contribution is -2.32. The van der Waals surface area contributed by atoms with E-state index >= 15 is 0 Å². The first-order valence-electron chi connectivity index (χ1n) is 9.05. The van der Waals surface area contributed by atoms with Gasteiger partial charge in [-0.3, -0.25) is 9.59 Å². The summed E-state index contributed by atoms with van der Waals surface area (Å²) < 4.78 is 24.2. The number of benzene rings is 2. The molecular weight excluding hydrogens is 443 g/mol. The van der Waals surface area contributed by atoms with Gasteiger partial charge in [0.25, 0.3) is 11.8 Å². The minimum Gasteiger partial charge on any atom is -0.493 e. The highest BCUT2D eigenvalue weighted by Gasteiger charge is 2.41. The van der Waals surface area contributed by atoms with Crippen molar-refractivity contribution in [2.45, 2.75) is 0 Å². The summed E-state index contributed by atoms with van der Waals surface area (Å²) in [7, 11) is 3.02. The van der Waals surface area contributed by atoms with Gasteiger partial charge < -0.3 is 14.8 Å². The third-order valence-corrected chi connectivity index (χ3v) is 5.84. The average Bonchev–Trinajstić information content (AvgIpc) is 3.37. The van der Waals surface area contributed by atoms with Gasteiger partial charge in [0.2, 0.25) is 0 Å². The maximum atomic E-state index is 13.6. The molecule has 0 saturated carbocycles. The van der Waals surface area contributed by atoms with Gasteiger partial charge in [-0.25, -0.2) is 9.29 Å². The molecule has 2 amide bonds. The SMILES string of the molecule is COc1ccc(NC2=C(c3cccs3)C(=O)N(c3ccc(F)c(Cl)c3)C2=O)cc1OC. The van der Waals surface area contributed by atoms with Crippen molar-refractivity contribution in [2.24, 2.45) is 0 Å². The molecule has 1 aliphatic rings. The van der Waals surface area contributed by atoms with Gasteiger partial charge in [-0.15, -0.1) is 11.3 Å². The van der Waals surface area contributed by atoms with Crippen LogP contribution >= 0.6 is 22.9 Å². The second-order valence-corrected chi connectivity index (χ2v) is 7.82. The number of thiophene rings is 1. The predicted octanol–water partition coefficient (Wildman–Crippen LogP) is 4.95. The molecule has 0 radical (unpaired) electrons. The number of imide groups is 1. The number of anilines is 2. The highest BCUT2D eigenvalue weighted by atomic mass is 35.5. The van der Waals surface area contributed by atoms with Gasteiger partial charge >= 0.3 is 0 Å². The molecule has 0 fully saturated rings.